The van der Waals surface area contributed by atoms with Crippen LogP contribution in [0.25, 0.3) is 0 Å². The molecule has 0 N–H and O–H groups in total. The van der Waals surface area contributed by atoms with E-state index in [1.165, 1.54) is 0 Å². The van der Waals surface area contributed by atoms with Gasteiger partial charge in [-0.05, 0) is 24.7 Å². The molecule has 0 aromatic carbocycles. The van der Waals surface area contributed by atoms with Crippen LogP contribution in [0.15, 0.2) is 0 Å². The topological polar surface area (TPSA) is 0 Å². The van der Waals surface area contributed by atoms with E-state index in [4.69, 9.17) is 7.85 Å². The number of alkyl halides is 1. The van der Waals surface area contributed by atoms with Gasteiger partial charge in [0.1, 0.15) is 0 Å². The predicted molar refractivity (Wildman–Crippen MR) is 53.3 cm³/mol. The third kappa shape index (κ3) is 3.16. The molecule has 0 spiro atoms. The average molecular weight is 170 g/mol. The molecule has 2 heteroatoms. The van der Waals surface area contributed by atoms with Crippen molar-refractivity contribution >= 4 is 7.85 Å². The SMILES string of the molecule is [B]CC(C)(CC(C)F)C(C)CC. The van der Waals surface area contributed by atoms with Gasteiger partial charge >= 0.3 is 0 Å². The standard InChI is InChI=1S/C10H20BF/c1-5-8(2)10(4,7-11)6-9(3)12/h8-9H,5-7H2,1-4H3. The van der Waals surface area contributed by atoms with Crippen LogP contribution < -0.4 is 0 Å². The highest BCUT2D eigenvalue weighted by atomic mass is 19.1. The van der Waals surface area contributed by atoms with Crippen LogP contribution in [0.2, 0.25) is 6.32 Å². The summed E-state index contributed by atoms with van der Waals surface area (Å²) in [6.07, 6.45) is 1.49. The van der Waals surface area contributed by atoms with Crippen LogP contribution in [0.1, 0.15) is 40.5 Å². The fourth-order valence-corrected chi connectivity index (χ4v) is 1.62. The minimum absolute atomic E-state index is 0.0249. The molecule has 3 atom stereocenters. The molecule has 3 unspecified atom stereocenters. The van der Waals surface area contributed by atoms with Crippen LogP contribution in [0.4, 0.5) is 4.39 Å². The highest BCUT2D eigenvalue weighted by Gasteiger charge is 2.29. The van der Waals surface area contributed by atoms with Crippen LogP contribution in [0.5, 0.6) is 0 Å². The van der Waals surface area contributed by atoms with Crippen LogP contribution in [-0.2, 0) is 0 Å². The van der Waals surface area contributed by atoms with E-state index >= 15 is 0 Å². The summed E-state index contributed by atoms with van der Waals surface area (Å²) in [6.45, 7) is 7.96. The monoisotopic (exact) mass is 170 g/mol. The first-order chi connectivity index (χ1) is 5.46. The molecular weight excluding hydrogens is 150 g/mol. The van der Waals surface area contributed by atoms with E-state index < -0.39 is 6.17 Å². The van der Waals surface area contributed by atoms with Gasteiger partial charge in [-0.2, -0.15) is 0 Å². The van der Waals surface area contributed by atoms with E-state index in [0.717, 1.165) is 6.42 Å². The maximum atomic E-state index is 12.8. The Morgan fingerprint density at radius 3 is 2.17 bits per heavy atom. The second-order valence-electron chi connectivity index (χ2n) is 4.15. The van der Waals surface area contributed by atoms with Gasteiger partial charge in [-0.15, -0.1) is 0 Å². The van der Waals surface area contributed by atoms with Crippen molar-refractivity contribution in [2.75, 3.05) is 0 Å². The summed E-state index contributed by atoms with van der Waals surface area (Å²) in [4.78, 5) is 0. The van der Waals surface area contributed by atoms with Crippen LogP contribution >= 0.6 is 0 Å². The summed E-state index contributed by atoms with van der Waals surface area (Å²) < 4.78 is 12.8. The lowest BCUT2D eigenvalue weighted by molar-refractivity contribution is 0.152. The first-order valence-electron chi connectivity index (χ1n) is 4.80. The Balaban J connectivity index is 4.22. The Kier molecular flexibility index (Phi) is 4.88. The Hall–Kier alpha value is -0.00506. The Morgan fingerprint density at radius 2 is 1.92 bits per heavy atom. The number of rotatable bonds is 5. The van der Waals surface area contributed by atoms with Gasteiger partial charge in [0.2, 0.25) is 0 Å². The molecule has 0 aliphatic rings. The first kappa shape index (κ1) is 12.0. The summed E-state index contributed by atoms with van der Waals surface area (Å²) in [5.41, 5.74) is -0.0249. The van der Waals surface area contributed by atoms with Gasteiger partial charge in [-0.3, -0.25) is 0 Å². The minimum Gasteiger partial charge on any atom is -0.248 e. The van der Waals surface area contributed by atoms with Gasteiger partial charge in [0.15, 0.2) is 0 Å². The van der Waals surface area contributed by atoms with Crippen LogP contribution in [0, 0.1) is 11.3 Å². The second-order valence-corrected chi connectivity index (χ2v) is 4.15. The summed E-state index contributed by atoms with van der Waals surface area (Å²) in [7, 11) is 5.67. The zero-order valence-corrected chi connectivity index (χ0v) is 8.73. The van der Waals surface area contributed by atoms with E-state index in [-0.39, 0.29) is 5.41 Å². The zero-order valence-electron chi connectivity index (χ0n) is 8.73. The molecule has 0 nitrogen and oxygen atoms in total. The molecule has 0 aromatic heterocycles. The van der Waals surface area contributed by atoms with Crippen molar-refractivity contribution in [3.05, 3.63) is 0 Å². The maximum absolute atomic E-state index is 12.8. The molecule has 0 heterocycles. The first-order valence-corrected chi connectivity index (χ1v) is 4.80. The highest BCUT2D eigenvalue weighted by Crippen LogP contribution is 2.37. The predicted octanol–water partition coefficient (Wildman–Crippen LogP) is 3.37. The zero-order chi connectivity index (χ0) is 9.78. The van der Waals surface area contributed by atoms with Gasteiger partial charge in [0, 0.05) is 0 Å². The molecule has 0 amide bonds. The fraction of sp³-hybridized carbons (Fsp3) is 1.00. The van der Waals surface area contributed by atoms with E-state index in [2.05, 4.69) is 20.8 Å². The molecule has 0 aromatic rings. The molecule has 12 heavy (non-hydrogen) atoms. The van der Waals surface area contributed by atoms with Gasteiger partial charge in [0.05, 0.1) is 14.0 Å². The quantitative estimate of drug-likeness (QED) is 0.555. The summed E-state index contributed by atoms with van der Waals surface area (Å²) in [6, 6.07) is 0. The lowest BCUT2D eigenvalue weighted by Gasteiger charge is -2.35. The van der Waals surface area contributed by atoms with Gasteiger partial charge in [-0.25, -0.2) is 4.39 Å². The maximum Gasteiger partial charge on any atom is 0.0978 e. The lowest BCUT2D eigenvalue weighted by atomic mass is 9.66. The van der Waals surface area contributed by atoms with Gasteiger partial charge in [0.25, 0.3) is 0 Å². The molecule has 0 aliphatic heterocycles. The van der Waals surface area contributed by atoms with Crippen molar-refractivity contribution in [2.45, 2.75) is 53.0 Å². The molecule has 70 valence electrons. The molecule has 2 radical (unpaired) electrons. The molecule has 0 bridgehead atoms. The highest BCUT2D eigenvalue weighted by molar-refractivity contribution is 6.09. The molecule has 0 fully saturated rings. The van der Waals surface area contributed by atoms with Crippen molar-refractivity contribution in [2.24, 2.45) is 11.3 Å². The third-order valence-corrected chi connectivity index (χ3v) is 3.02. The summed E-state index contributed by atoms with van der Waals surface area (Å²) in [5.74, 6) is 0.501. The number of hydrogen-bond donors (Lipinski definition) is 0. The van der Waals surface area contributed by atoms with Crippen LogP contribution in [-0.4, -0.2) is 14.0 Å². The molecule has 0 aliphatic carbocycles. The number of hydrogen-bond acceptors (Lipinski definition) is 0. The van der Waals surface area contributed by atoms with Crippen LogP contribution in [0.3, 0.4) is 0 Å². The van der Waals surface area contributed by atoms with Crippen molar-refractivity contribution in [1.82, 2.24) is 0 Å². The van der Waals surface area contributed by atoms with E-state index in [1.54, 1.807) is 6.92 Å². The molecule has 0 saturated heterocycles. The van der Waals surface area contributed by atoms with Gasteiger partial charge < -0.3 is 0 Å². The van der Waals surface area contributed by atoms with Gasteiger partial charge in [-0.1, -0.05) is 33.5 Å². The fourth-order valence-electron chi connectivity index (χ4n) is 1.62. The summed E-state index contributed by atoms with van der Waals surface area (Å²) >= 11 is 0. The molecule has 0 saturated carbocycles. The van der Waals surface area contributed by atoms with Crippen molar-refractivity contribution < 1.29 is 4.39 Å². The summed E-state index contributed by atoms with van der Waals surface area (Å²) in [5, 5.41) is 0. The normalized spacial score (nSPS) is 21.4. The Labute approximate surface area is 77.3 Å². The third-order valence-electron chi connectivity index (χ3n) is 3.02. The van der Waals surface area contributed by atoms with Crippen molar-refractivity contribution in [3.63, 3.8) is 0 Å². The smallest absolute Gasteiger partial charge is 0.0978 e. The lowest BCUT2D eigenvalue weighted by Crippen LogP contribution is -2.27. The second kappa shape index (κ2) is 4.88. The van der Waals surface area contributed by atoms with E-state index in [9.17, 15) is 4.39 Å². The Bertz CT molecular complexity index is 125. The molecule has 0 rings (SSSR count). The van der Waals surface area contributed by atoms with E-state index in [0.29, 0.717) is 18.7 Å². The number of halogens is 1. The average Bonchev–Trinajstić information content (AvgIpc) is 2.01. The Morgan fingerprint density at radius 1 is 1.42 bits per heavy atom. The molecular formula is C10H20BF. The largest absolute Gasteiger partial charge is 0.248 e. The van der Waals surface area contributed by atoms with Crippen molar-refractivity contribution in [3.8, 4) is 0 Å². The minimum atomic E-state index is -0.743. The van der Waals surface area contributed by atoms with Crippen molar-refractivity contribution in [1.29, 1.82) is 0 Å². The van der Waals surface area contributed by atoms with E-state index in [1.807, 2.05) is 0 Å².